The Balaban J connectivity index is 1.90. The Morgan fingerprint density at radius 3 is 2.65 bits per heavy atom. The average molecular weight is 289 g/mol. The van der Waals surface area contributed by atoms with E-state index in [2.05, 4.69) is 66.8 Å². The number of thiophene rings is 1. The summed E-state index contributed by atoms with van der Waals surface area (Å²) in [4.78, 5) is 8.41. The largest absolute Gasteiger partial charge is 0.309 e. The molecule has 0 aliphatic carbocycles. The van der Waals surface area contributed by atoms with Crippen LogP contribution < -0.4 is 5.32 Å². The lowest BCUT2D eigenvalue weighted by atomic mass is 10.2. The van der Waals surface area contributed by atoms with E-state index in [9.17, 15) is 0 Å². The smallest absolute Gasteiger partial charge is 0.0547 e. The van der Waals surface area contributed by atoms with Gasteiger partial charge in [-0.25, -0.2) is 0 Å². The summed E-state index contributed by atoms with van der Waals surface area (Å²) in [6, 6.07) is 11.0. The SMILES string of the molecule is CC(C)NCc1cccc(CN(C)Cc2cccs2)n1. The van der Waals surface area contributed by atoms with Gasteiger partial charge in [0.15, 0.2) is 0 Å². The third kappa shape index (κ3) is 5.04. The third-order valence-corrected chi connectivity index (χ3v) is 3.85. The first-order valence-corrected chi connectivity index (χ1v) is 7.90. The van der Waals surface area contributed by atoms with Crippen LogP contribution in [-0.2, 0) is 19.6 Å². The molecule has 2 aromatic heterocycles. The summed E-state index contributed by atoms with van der Waals surface area (Å²) in [6.45, 7) is 7.00. The predicted octanol–water partition coefficient (Wildman–Crippen LogP) is 3.27. The van der Waals surface area contributed by atoms with Crippen molar-refractivity contribution in [3.8, 4) is 0 Å². The first-order chi connectivity index (χ1) is 9.63. The van der Waals surface area contributed by atoms with E-state index in [1.165, 1.54) is 4.88 Å². The van der Waals surface area contributed by atoms with Crippen LogP contribution in [0.5, 0.6) is 0 Å². The Hall–Kier alpha value is -1.23. The molecule has 2 aromatic rings. The highest BCUT2D eigenvalue weighted by molar-refractivity contribution is 7.09. The Labute approximate surface area is 125 Å². The second-order valence-electron chi connectivity index (χ2n) is 5.41. The second kappa shape index (κ2) is 7.53. The molecule has 0 amide bonds. The summed E-state index contributed by atoms with van der Waals surface area (Å²) in [5, 5.41) is 5.53. The maximum atomic E-state index is 4.71. The number of nitrogens with zero attached hydrogens (tertiary/aromatic N) is 2. The summed E-state index contributed by atoms with van der Waals surface area (Å²) in [6.07, 6.45) is 0. The van der Waals surface area contributed by atoms with Crippen molar-refractivity contribution in [3.05, 3.63) is 52.0 Å². The minimum atomic E-state index is 0.488. The highest BCUT2D eigenvalue weighted by atomic mass is 32.1. The predicted molar refractivity (Wildman–Crippen MR) is 85.7 cm³/mol. The van der Waals surface area contributed by atoms with E-state index in [0.29, 0.717) is 6.04 Å². The molecule has 1 N–H and O–H groups in total. The first-order valence-electron chi connectivity index (χ1n) is 7.02. The van der Waals surface area contributed by atoms with Crippen LogP contribution >= 0.6 is 11.3 Å². The van der Waals surface area contributed by atoms with Gasteiger partial charge in [0.05, 0.1) is 11.4 Å². The number of aromatic nitrogens is 1. The van der Waals surface area contributed by atoms with E-state index in [4.69, 9.17) is 4.98 Å². The van der Waals surface area contributed by atoms with Crippen molar-refractivity contribution in [2.75, 3.05) is 7.05 Å². The van der Waals surface area contributed by atoms with Crippen molar-refractivity contribution in [2.24, 2.45) is 0 Å². The van der Waals surface area contributed by atoms with Gasteiger partial charge in [0, 0.05) is 30.6 Å². The van der Waals surface area contributed by atoms with Crippen molar-refractivity contribution < 1.29 is 0 Å². The van der Waals surface area contributed by atoms with Crippen LogP contribution in [0.4, 0.5) is 0 Å². The van der Waals surface area contributed by atoms with Gasteiger partial charge in [-0.1, -0.05) is 26.0 Å². The maximum absolute atomic E-state index is 4.71. The molecule has 0 atom stereocenters. The van der Waals surface area contributed by atoms with Gasteiger partial charge in [0.1, 0.15) is 0 Å². The Morgan fingerprint density at radius 1 is 1.15 bits per heavy atom. The zero-order valence-electron chi connectivity index (χ0n) is 12.5. The molecule has 0 unspecified atom stereocenters. The highest BCUT2D eigenvalue weighted by Gasteiger charge is 2.05. The van der Waals surface area contributed by atoms with E-state index in [-0.39, 0.29) is 0 Å². The number of nitrogens with one attached hydrogen (secondary N) is 1. The lowest BCUT2D eigenvalue weighted by Crippen LogP contribution is -2.23. The van der Waals surface area contributed by atoms with E-state index >= 15 is 0 Å². The van der Waals surface area contributed by atoms with Crippen LogP contribution in [0.25, 0.3) is 0 Å². The summed E-state index contributed by atoms with van der Waals surface area (Å²) >= 11 is 1.80. The van der Waals surface area contributed by atoms with Gasteiger partial charge in [-0.05, 0) is 30.6 Å². The Kier molecular flexibility index (Phi) is 5.71. The molecule has 2 heterocycles. The molecule has 0 fully saturated rings. The summed E-state index contributed by atoms with van der Waals surface area (Å²) in [7, 11) is 2.14. The van der Waals surface area contributed by atoms with Crippen LogP contribution in [-0.4, -0.2) is 23.0 Å². The molecule has 2 rings (SSSR count). The van der Waals surface area contributed by atoms with Gasteiger partial charge in [0.2, 0.25) is 0 Å². The molecule has 20 heavy (non-hydrogen) atoms. The number of pyridine rings is 1. The van der Waals surface area contributed by atoms with Gasteiger partial charge in [-0.3, -0.25) is 9.88 Å². The minimum Gasteiger partial charge on any atom is -0.309 e. The van der Waals surface area contributed by atoms with Gasteiger partial charge in [-0.2, -0.15) is 0 Å². The van der Waals surface area contributed by atoms with Crippen LogP contribution in [0.1, 0.15) is 30.1 Å². The average Bonchev–Trinajstić information content (AvgIpc) is 2.89. The molecule has 108 valence electrons. The van der Waals surface area contributed by atoms with Gasteiger partial charge >= 0.3 is 0 Å². The molecule has 0 aliphatic heterocycles. The molecule has 3 nitrogen and oxygen atoms in total. The first kappa shape index (κ1) is 15.2. The maximum Gasteiger partial charge on any atom is 0.0547 e. The standard InChI is InChI=1S/C16H23N3S/c1-13(2)17-10-14-6-4-7-15(18-14)11-19(3)12-16-8-5-9-20-16/h4-9,13,17H,10-12H2,1-3H3. The van der Waals surface area contributed by atoms with E-state index < -0.39 is 0 Å². The third-order valence-electron chi connectivity index (χ3n) is 2.99. The van der Waals surface area contributed by atoms with Crippen molar-refractivity contribution in [3.63, 3.8) is 0 Å². The van der Waals surface area contributed by atoms with Gasteiger partial charge in [0.25, 0.3) is 0 Å². The molecule has 0 aliphatic rings. The number of hydrogen-bond donors (Lipinski definition) is 1. The van der Waals surface area contributed by atoms with E-state index in [1.807, 2.05) is 0 Å². The molecule has 4 heteroatoms. The molecular formula is C16H23N3S. The number of rotatable bonds is 7. The van der Waals surface area contributed by atoms with Crippen molar-refractivity contribution >= 4 is 11.3 Å². The lowest BCUT2D eigenvalue weighted by molar-refractivity contribution is 0.317. The zero-order chi connectivity index (χ0) is 14.4. The fourth-order valence-electron chi connectivity index (χ4n) is 2.03. The molecular weight excluding hydrogens is 266 g/mol. The van der Waals surface area contributed by atoms with E-state index in [1.54, 1.807) is 11.3 Å². The van der Waals surface area contributed by atoms with Crippen molar-refractivity contribution in [2.45, 2.75) is 39.5 Å². The molecule has 0 bridgehead atoms. The fraction of sp³-hybridized carbons (Fsp3) is 0.438. The molecule has 0 spiro atoms. The van der Waals surface area contributed by atoms with Crippen LogP contribution in [0.3, 0.4) is 0 Å². The fourth-order valence-corrected chi connectivity index (χ4v) is 2.81. The van der Waals surface area contributed by atoms with Gasteiger partial charge in [-0.15, -0.1) is 11.3 Å². The van der Waals surface area contributed by atoms with Gasteiger partial charge < -0.3 is 5.32 Å². The van der Waals surface area contributed by atoms with Crippen molar-refractivity contribution in [1.29, 1.82) is 0 Å². The molecule has 0 saturated carbocycles. The molecule has 0 aromatic carbocycles. The topological polar surface area (TPSA) is 28.2 Å². The van der Waals surface area contributed by atoms with Crippen molar-refractivity contribution in [1.82, 2.24) is 15.2 Å². The molecule has 0 radical (unpaired) electrons. The minimum absolute atomic E-state index is 0.488. The van der Waals surface area contributed by atoms with Crippen LogP contribution in [0, 0.1) is 0 Å². The summed E-state index contributed by atoms with van der Waals surface area (Å²) < 4.78 is 0. The highest BCUT2D eigenvalue weighted by Crippen LogP contribution is 2.12. The summed E-state index contributed by atoms with van der Waals surface area (Å²) in [5.41, 5.74) is 2.24. The summed E-state index contributed by atoms with van der Waals surface area (Å²) in [5.74, 6) is 0. The quantitative estimate of drug-likeness (QED) is 0.848. The monoisotopic (exact) mass is 289 g/mol. The van der Waals surface area contributed by atoms with E-state index in [0.717, 1.165) is 31.0 Å². The Morgan fingerprint density at radius 2 is 1.95 bits per heavy atom. The lowest BCUT2D eigenvalue weighted by Gasteiger charge is -2.16. The van der Waals surface area contributed by atoms with Crippen LogP contribution in [0.15, 0.2) is 35.7 Å². The second-order valence-corrected chi connectivity index (χ2v) is 6.44. The number of hydrogen-bond acceptors (Lipinski definition) is 4. The van der Waals surface area contributed by atoms with Crippen LogP contribution in [0.2, 0.25) is 0 Å². The zero-order valence-corrected chi connectivity index (χ0v) is 13.3. The Bertz CT molecular complexity index is 508. The molecule has 0 saturated heterocycles. The normalized spacial score (nSPS) is 11.4.